The molecule has 0 bridgehead atoms. The smallest absolute Gasteiger partial charge is 0.268 e. The van der Waals surface area contributed by atoms with Gasteiger partial charge in [0.2, 0.25) is 0 Å². The number of hydrogen-bond donors (Lipinski definition) is 0. The average Bonchev–Trinajstić information content (AvgIpc) is 2.84. The van der Waals surface area contributed by atoms with Crippen LogP contribution < -0.4 is 4.74 Å². The number of imidazole rings is 1. The van der Waals surface area contributed by atoms with E-state index in [0.29, 0.717) is 12.4 Å². The zero-order valence-electron chi connectivity index (χ0n) is 9.28. The molecule has 0 aliphatic carbocycles. The summed E-state index contributed by atoms with van der Waals surface area (Å²) in [6.07, 6.45) is 4.07. The van der Waals surface area contributed by atoms with Gasteiger partial charge in [0.15, 0.2) is 0 Å². The van der Waals surface area contributed by atoms with Crippen LogP contribution in [0.2, 0.25) is 0 Å². The van der Waals surface area contributed by atoms with E-state index in [1.54, 1.807) is 12.1 Å². The first-order chi connectivity index (χ1) is 8.14. The molecule has 0 atom stereocenters. The van der Waals surface area contributed by atoms with Crippen LogP contribution in [0.15, 0.2) is 47.9 Å². The van der Waals surface area contributed by atoms with E-state index in [1.165, 1.54) is 30.9 Å². The van der Waals surface area contributed by atoms with Crippen LogP contribution in [0, 0.1) is 0 Å². The summed E-state index contributed by atoms with van der Waals surface area (Å²) in [7, 11) is -3.53. The van der Waals surface area contributed by atoms with Crippen molar-refractivity contribution in [3.63, 3.8) is 0 Å². The van der Waals surface area contributed by atoms with Crippen LogP contribution in [0.5, 0.6) is 5.75 Å². The Hall–Kier alpha value is -1.82. The Morgan fingerprint density at radius 3 is 2.53 bits per heavy atom. The second-order valence-electron chi connectivity index (χ2n) is 3.30. The number of aromatic nitrogens is 2. The third-order valence-electron chi connectivity index (χ3n) is 2.19. The summed E-state index contributed by atoms with van der Waals surface area (Å²) >= 11 is 0. The van der Waals surface area contributed by atoms with Gasteiger partial charge in [0.1, 0.15) is 12.1 Å². The number of rotatable bonds is 4. The van der Waals surface area contributed by atoms with Gasteiger partial charge in [-0.15, -0.1) is 0 Å². The molecule has 90 valence electrons. The molecule has 0 saturated carbocycles. The van der Waals surface area contributed by atoms with E-state index < -0.39 is 10.0 Å². The molecule has 0 radical (unpaired) electrons. The molecule has 0 fully saturated rings. The lowest BCUT2D eigenvalue weighted by atomic mass is 10.3. The number of nitrogens with zero attached hydrogens (tertiary/aromatic N) is 2. The Morgan fingerprint density at radius 2 is 2.00 bits per heavy atom. The predicted molar refractivity (Wildman–Crippen MR) is 62.4 cm³/mol. The van der Waals surface area contributed by atoms with Crippen molar-refractivity contribution in [2.45, 2.75) is 11.8 Å². The molecule has 1 heterocycles. The van der Waals surface area contributed by atoms with E-state index in [9.17, 15) is 8.42 Å². The van der Waals surface area contributed by atoms with Crippen molar-refractivity contribution in [3.8, 4) is 5.75 Å². The fourth-order valence-electron chi connectivity index (χ4n) is 1.39. The van der Waals surface area contributed by atoms with Crippen LogP contribution >= 0.6 is 0 Å². The average molecular weight is 252 g/mol. The topological polar surface area (TPSA) is 61.2 Å². The van der Waals surface area contributed by atoms with Gasteiger partial charge in [0, 0.05) is 12.4 Å². The maximum Gasteiger partial charge on any atom is 0.268 e. The lowest BCUT2D eigenvalue weighted by Gasteiger charge is -2.06. The highest BCUT2D eigenvalue weighted by Gasteiger charge is 2.15. The normalized spacial score (nSPS) is 11.4. The zero-order chi connectivity index (χ0) is 12.3. The maximum atomic E-state index is 12.0. The monoisotopic (exact) mass is 252 g/mol. The second kappa shape index (κ2) is 4.58. The van der Waals surface area contributed by atoms with Gasteiger partial charge in [-0.2, -0.15) is 0 Å². The Morgan fingerprint density at radius 1 is 1.29 bits per heavy atom. The van der Waals surface area contributed by atoms with E-state index >= 15 is 0 Å². The van der Waals surface area contributed by atoms with Crippen LogP contribution in [0.4, 0.5) is 0 Å². The Kier molecular flexibility index (Phi) is 3.14. The lowest BCUT2D eigenvalue weighted by Crippen LogP contribution is -2.10. The largest absolute Gasteiger partial charge is 0.494 e. The van der Waals surface area contributed by atoms with Crippen molar-refractivity contribution < 1.29 is 13.2 Å². The first kappa shape index (κ1) is 11.7. The Labute approximate surface area is 99.7 Å². The highest BCUT2D eigenvalue weighted by molar-refractivity contribution is 7.90. The van der Waals surface area contributed by atoms with Crippen molar-refractivity contribution in [2.75, 3.05) is 6.61 Å². The van der Waals surface area contributed by atoms with E-state index in [1.807, 2.05) is 6.92 Å². The summed E-state index contributed by atoms with van der Waals surface area (Å²) in [5.41, 5.74) is 0. The van der Waals surface area contributed by atoms with Crippen LogP contribution in [0.1, 0.15) is 6.92 Å². The first-order valence-corrected chi connectivity index (χ1v) is 6.55. The maximum absolute atomic E-state index is 12.0. The Bertz CT molecular complexity index is 574. The molecular formula is C11H12N2O3S. The molecule has 0 unspecified atom stereocenters. The molecule has 0 spiro atoms. The molecule has 5 nitrogen and oxygen atoms in total. The van der Waals surface area contributed by atoms with Crippen LogP contribution in [-0.4, -0.2) is 24.0 Å². The van der Waals surface area contributed by atoms with Crippen LogP contribution in [0.25, 0.3) is 0 Å². The van der Waals surface area contributed by atoms with E-state index in [4.69, 9.17) is 4.74 Å². The molecule has 0 amide bonds. The van der Waals surface area contributed by atoms with Crippen LogP contribution in [0.3, 0.4) is 0 Å². The van der Waals surface area contributed by atoms with Crippen molar-refractivity contribution in [1.82, 2.24) is 8.96 Å². The quantitative estimate of drug-likeness (QED) is 0.827. The third kappa shape index (κ3) is 2.31. The number of hydrogen-bond acceptors (Lipinski definition) is 4. The highest BCUT2D eigenvalue weighted by Crippen LogP contribution is 2.17. The lowest BCUT2D eigenvalue weighted by molar-refractivity contribution is 0.340. The highest BCUT2D eigenvalue weighted by atomic mass is 32.2. The molecule has 0 aliphatic heterocycles. The molecule has 1 aromatic carbocycles. The summed E-state index contributed by atoms with van der Waals surface area (Å²) in [5, 5.41) is 0. The summed E-state index contributed by atoms with van der Waals surface area (Å²) in [6, 6.07) is 6.29. The second-order valence-corrected chi connectivity index (χ2v) is 5.15. The van der Waals surface area contributed by atoms with Gasteiger partial charge in [-0.1, -0.05) is 0 Å². The molecule has 17 heavy (non-hydrogen) atoms. The van der Waals surface area contributed by atoms with Crippen LogP contribution in [-0.2, 0) is 10.0 Å². The fourth-order valence-corrected chi connectivity index (χ4v) is 2.50. The van der Waals surface area contributed by atoms with Gasteiger partial charge in [0.25, 0.3) is 10.0 Å². The SMILES string of the molecule is CCOc1ccc(S(=O)(=O)n2ccnc2)cc1. The van der Waals surface area contributed by atoms with Gasteiger partial charge in [0.05, 0.1) is 11.5 Å². The number of ether oxygens (including phenoxy) is 1. The third-order valence-corrected chi connectivity index (χ3v) is 3.83. The summed E-state index contributed by atoms with van der Waals surface area (Å²) in [6.45, 7) is 2.42. The molecule has 0 saturated heterocycles. The Balaban J connectivity index is 2.35. The van der Waals surface area contributed by atoms with Gasteiger partial charge in [-0.3, -0.25) is 0 Å². The zero-order valence-corrected chi connectivity index (χ0v) is 10.1. The fraction of sp³-hybridized carbons (Fsp3) is 0.182. The molecule has 6 heteroatoms. The number of benzene rings is 1. The van der Waals surface area contributed by atoms with E-state index in [0.717, 1.165) is 3.97 Å². The predicted octanol–water partition coefficient (Wildman–Crippen LogP) is 1.52. The van der Waals surface area contributed by atoms with Gasteiger partial charge in [-0.25, -0.2) is 17.4 Å². The summed E-state index contributed by atoms with van der Waals surface area (Å²) < 4.78 is 30.4. The summed E-state index contributed by atoms with van der Waals surface area (Å²) in [5.74, 6) is 0.650. The van der Waals surface area contributed by atoms with Gasteiger partial charge < -0.3 is 4.74 Å². The van der Waals surface area contributed by atoms with Crippen molar-refractivity contribution >= 4 is 10.0 Å². The van der Waals surface area contributed by atoms with Crippen molar-refractivity contribution in [2.24, 2.45) is 0 Å². The summed E-state index contributed by atoms with van der Waals surface area (Å²) in [4.78, 5) is 3.93. The minimum absolute atomic E-state index is 0.207. The van der Waals surface area contributed by atoms with Crippen molar-refractivity contribution in [3.05, 3.63) is 43.0 Å². The molecule has 2 aromatic rings. The molecular weight excluding hydrogens is 240 g/mol. The van der Waals surface area contributed by atoms with Gasteiger partial charge >= 0.3 is 0 Å². The first-order valence-electron chi connectivity index (χ1n) is 5.11. The minimum Gasteiger partial charge on any atom is -0.494 e. The van der Waals surface area contributed by atoms with Crippen molar-refractivity contribution in [1.29, 1.82) is 0 Å². The molecule has 0 aliphatic rings. The standard InChI is InChI=1S/C11H12N2O3S/c1-2-16-10-3-5-11(6-4-10)17(14,15)13-8-7-12-9-13/h3-9H,2H2,1H3. The molecule has 0 N–H and O–H groups in total. The minimum atomic E-state index is -3.53. The van der Waals surface area contributed by atoms with E-state index in [2.05, 4.69) is 4.98 Å². The molecule has 2 rings (SSSR count). The van der Waals surface area contributed by atoms with Gasteiger partial charge in [-0.05, 0) is 31.2 Å². The van der Waals surface area contributed by atoms with E-state index in [-0.39, 0.29) is 4.90 Å². The molecule has 1 aromatic heterocycles.